The Balaban J connectivity index is 0.000000139. The van der Waals surface area contributed by atoms with Crippen LogP contribution in [0.4, 0.5) is 0 Å². The highest BCUT2D eigenvalue weighted by atomic mass is 15.2. The van der Waals surface area contributed by atoms with Crippen molar-refractivity contribution in [3.8, 4) is 79.2 Å². The second kappa shape index (κ2) is 22.6. The second-order valence-electron chi connectivity index (χ2n) is 23.6. The lowest BCUT2D eigenvalue weighted by Gasteiger charge is -2.11. The first-order valence-electron chi connectivity index (χ1n) is 31.6. The third-order valence-electron chi connectivity index (χ3n) is 18.3. The lowest BCUT2D eigenvalue weighted by Crippen LogP contribution is -2.06. The summed E-state index contributed by atoms with van der Waals surface area (Å²) in [5.74, 6) is 1.84. The van der Waals surface area contributed by atoms with E-state index in [9.17, 15) is 0 Å². The van der Waals surface area contributed by atoms with Crippen LogP contribution in [-0.4, -0.2) is 43.2 Å². The van der Waals surface area contributed by atoms with Crippen molar-refractivity contribution in [2.75, 3.05) is 0 Å². The number of aromatic nitrogens is 9. The molecule has 19 aromatic rings. The summed E-state index contributed by atoms with van der Waals surface area (Å²) in [7, 11) is 0. The van der Waals surface area contributed by atoms with Gasteiger partial charge < -0.3 is 13.7 Å². The first-order valence-corrected chi connectivity index (χ1v) is 31.6. The number of benzene rings is 12. The number of nitrogens with zero attached hydrogens (tertiary/aromatic N) is 9. The molecule has 0 saturated heterocycles. The van der Waals surface area contributed by atoms with Crippen molar-refractivity contribution in [1.82, 2.24) is 43.2 Å². The SMILES string of the molecule is c1ccc(-c2ccc(-n3c4ccccc4c4c(-c5ccc6c(c5)c5ccncc5n6-c5ccccc5)cccc43)cc2)cc1.c1ccc(-c2nc(-c3ccccc3)nc(-n3c4ccccc4c4c(-c5ccc6c(c5)c5ccncc5n6-c5ccccc5)cccc43)n2)cc1. The zero-order valence-corrected chi connectivity index (χ0v) is 50.8. The van der Waals surface area contributed by atoms with Gasteiger partial charge in [0.15, 0.2) is 11.6 Å². The summed E-state index contributed by atoms with van der Waals surface area (Å²) >= 11 is 0. The summed E-state index contributed by atoms with van der Waals surface area (Å²) in [6, 6.07) is 109. The van der Waals surface area contributed by atoms with Crippen molar-refractivity contribution in [3.05, 3.63) is 334 Å². The van der Waals surface area contributed by atoms with Gasteiger partial charge >= 0.3 is 0 Å². The van der Waals surface area contributed by atoms with Crippen LogP contribution in [0.15, 0.2) is 334 Å². The summed E-state index contributed by atoms with van der Waals surface area (Å²) in [5, 5.41) is 9.58. The molecule has 7 heterocycles. The molecule has 0 radical (unpaired) electrons. The molecule has 0 atom stereocenters. The van der Waals surface area contributed by atoms with E-state index < -0.39 is 0 Å². The standard InChI is InChI=1S/C44H28N6.C41H27N3/c1-4-13-29(14-5-1)42-46-43(30-15-6-2-7-16-30)48-44(47-42)50-37-21-11-10-19-35(37)41-33(20-12-22-39(41)50)31-23-24-38-36(27-31)34-25-26-45-28-40(34)49(38)32-17-8-3-9-18-32;1-3-10-28(11-4-1)29-18-21-32(22-19-29)43-37-16-8-7-14-35(37)41-33(15-9-17-39(41)43)30-20-23-38-36(26-30)34-24-25-42-27-40(34)44(38)31-12-5-2-6-13-31/h1-28H;1-27H. The first-order chi connectivity index (χ1) is 46.7. The maximum atomic E-state index is 5.11. The minimum absolute atomic E-state index is 0.579. The highest BCUT2D eigenvalue weighted by Gasteiger charge is 2.23. The molecular formula is C85H55N9. The van der Waals surface area contributed by atoms with Gasteiger partial charge in [-0.05, 0) is 130 Å². The van der Waals surface area contributed by atoms with E-state index in [1.165, 1.54) is 71.1 Å². The van der Waals surface area contributed by atoms with E-state index in [2.05, 4.69) is 271 Å². The molecule has 0 fully saturated rings. The van der Waals surface area contributed by atoms with E-state index >= 15 is 0 Å². The van der Waals surface area contributed by atoms with Gasteiger partial charge in [0.05, 0.1) is 56.5 Å². The fourth-order valence-corrected chi connectivity index (χ4v) is 14.1. The van der Waals surface area contributed by atoms with Crippen LogP contribution in [0.2, 0.25) is 0 Å². The third kappa shape index (κ3) is 9.05. The quantitative estimate of drug-likeness (QED) is 0.144. The van der Waals surface area contributed by atoms with Crippen LogP contribution in [0.5, 0.6) is 0 Å². The molecule has 9 heteroatoms. The van der Waals surface area contributed by atoms with Crippen LogP contribution in [0.1, 0.15) is 0 Å². The van der Waals surface area contributed by atoms with E-state index in [1.807, 2.05) is 91.5 Å². The Morgan fingerprint density at radius 2 is 0.574 bits per heavy atom. The van der Waals surface area contributed by atoms with Gasteiger partial charge in [-0.3, -0.25) is 14.5 Å². The summed E-state index contributed by atoms with van der Waals surface area (Å²) < 4.78 is 9.19. The monoisotopic (exact) mass is 1200 g/mol. The zero-order chi connectivity index (χ0) is 62.1. The van der Waals surface area contributed by atoms with Crippen LogP contribution in [0, 0.1) is 0 Å². The topological polar surface area (TPSA) is 84.2 Å². The minimum Gasteiger partial charge on any atom is -0.309 e. The Labute approximate surface area is 540 Å². The van der Waals surface area contributed by atoms with Crippen molar-refractivity contribution < 1.29 is 0 Å². The summed E-state index contributed by atoms with van der Waals surface area (Å²) in [6.07, 6.45) is 7.69. The van der Waals surface area contributed by atoms with Gasteiger partial charge in [0, 0.05) is 83.7 Å². The van der Waals surface area contributed by atoms with Crippen LogP contribution in [0.25, 0.3) is 166 Å². The molecule has 0 saturated carbocycles. The van der Waals surface area contributed by atoms with E-state index in [0.717, 1.165) is 77.7 Å². The molecule has 0 aliphatic rings. The summed E-state index contributed by atoms with van der Waals surface area (Å²) in [5.41, 5.74) is 21.4. The number of fused-ring (bicyclic) bond motifs is 12. The van der Waals surface area contributed by atoms with Gasteiger partial charge in [0.25, 0.3) is 0 Å². The van der Waals surface area contributed by atoms with Crippen molar-refractivity contribution in [2.45, 2.75) is 0 Å². The zero-order valence-electron chi connectivity index (χ0n) is 50.8. The van der Waals surface area contributed by atoms with Crippen LogP contribution >= 0.6 is 0 Å². The lowest BCUT2D eigenvalue weighted by molar-refractivity contribution is 0.953. The van der Waals surface area contributed by atoms with Crippen LogP contribution < -0.4 is 0 Å². The predicted octanol–water partition coefficient (Wildman–Crippen LogP) is 21.1. The van der Waals surface area contributed by atoms with Crippen molar-refractivity contribution in [3.63, 3.8) is 0 Å². The van der Waals surface area contributed by atoms with E-state index in [-0.39, 0.29) is 0 Å². The van der Waals surface area contributed by atoms with Crippen molar-refractivity contribution in [1.29, 1.82) is 0 Å². The van der Waals surface area contributed by atoms with Gasteiger partial charge in [0.1, 0.15) is 0 Å². The van der Waals surface area contributed by atoms with E-state index in [4.69, 9.17) is 15.0 Å². The van der Waals surface area contributed by atoms with Gasteiger partial charge in [-0.25, -0.2) is 4.98 Å². The molecule has 12 aromatic carbocycles. The number of para-hydroxylation sites is 4. The van der Waals surface area contributed by atoms with Gasteiger partial charge in [-0.2, -0.15) is 9.97 Å². The average molecular weight is 1200 g/mol. The molecule has 7 aromatic heterocycles. The highest BCUT2D eigenvalue weighted by molar-refractivity contribution is 6.19. The molecule has 94 heavy (non-hydrogen) atoms. The Kier molecular flexibility index (Phi) is 13.0. The first kappa shape index (κ1) is 54.1. The second-order valence-corrected chi connectivity index (χ2v) is 23.6. The summed E-state index contributed by atoms with van der Waals surface area (Å²) in [6.45, 7) is 0. The number of rotatable bonds is 9. The van der Waals surface area contributed by atoms with Gasteiger partial charge in [-0.15, -0.1) is 0 Å². The predicted molar refractivity (Wildman–Crippen MR) is 386 cm³/mol. The minimum atomic E-state index is 0.579. The summed E-state index contributed by atoms with van der Waals surface area (Å²) in [4.78, 5) is 24.1. The van der Waals surface area contributed by atoms with Crippen molar-refractivity contribution in [2.24, 2.45) is 0 Å². The average Bonchev–Trinajstić information content (AvgIpc) is 1.59. The lowest BCUT2D eigenvalue weighted by atomic mass is 9.98. The Hall–Kier alpha value is -12.9. The molecule has 0 spiro atoms. The fourth-order valence-electron chi connectivity index (χ4n) is 14.1. The van der Waals surface area contributed by atoms with Gasteiger partial charge in [-0.1, -0.05) is 212 Å². The molecule has 0 amide bonds. The number of pyridine rings is 2. The van der Waals surface area contributed by atoms with E-state index in [0.29, 0.717) is 17.6 Å². The number of hydrogen-bond acceptors (Lipinski definition) is 5. The Morgan fingerprint density at radius 3 is 1.06 bits per heavy atom. The molecule has 0 unspecified atom stereocenters. The van der Waals surface area contributed by atoms with Crippen LogP contribution in [-0.2, 0) is 0 Å². The van der Waals surface area contributed by atoms with Gasteiger partial charge in [0.2, 0.25) is 5.95 Å². The highest BCUT2D eigenvalue weighted by Crippen LogP contribution is 2.44. The van der Waals surface area contributed by atoms with E-state index in [1.54, 1.807) is 0 Å². The molecule has 0 aliphatic carbocycles. The fraction of sp³-hybridized carbons (Fsp3) is 0. The number of hydrogen-bond donors (Lipinski definition) is 0. The molecule has 19 rings (SSSR count). The molecule has 0 aliphatic heterocycles. The molecule has 0 bridgehead atoms. The van der Waals surface area contributed by atoms with Crippen LogP contribution in [0.3, 0.4) is 0 Å². The Morgan fingerprint density at radius 1 is 0.213 bits per heavy atom. The molecule has 9 nitrogen and oxygen atoms in total. The normalized spacial score (nSPS) is 11.6. The third-order valence-corrected chi connectivity index (χ3v) is 18.3. The molecule has 440 valence electrons. The maximum Gasteiger partial charge on any atom is 0.238 e. The maximum absolute atomic E-state index is 5.11. The van der Waals surface area contributed by atoms with Crippen molar-refractivity contribution >= 4 is 87.2 Å². The smallest absolute Gasteiger partial charge is 0.238 e. The molecule has 0 N–H and O–H groups in total. The Bertz CT molecular complexity index is 6020. The molecular weight excluding hydrogens is 1150 g/mol. The largest absolute Gasteiger partial charge is 0.309 e.